The van der Waals surface area contributed by atoms with Gasteiger partial charge in [0.05, 0.1) is 23.6 Å². The summed E-state index contributed by atoms with van der Waals surface area (Å²) in [5.74, 6) is 1.41. The van der Waals surface area contributed by atoms with Crippen LogP contribution < -0.4 is 4.90 Å². The van der Waals surface area contributed by atoms with Crippen LogP contribution in [0.15, 0.2) is 55.1 Å². The van der Waals surface area contributed by atoms with Crippen molar-refractivity contribution in [2.45, 2.75) is 44.6 Å². The van der Waals surface area contributed by atoms with Crippen LogP contribution in [0.25, 0.3) is 0 Å². The molecule has 5 rings (SSSR count). The average Bonchev–Trinajstić information content (AvgIpc) is 3.36. The SMILES string of the molecule is O=C(CC1CCN(c2ncccn2)CC1)N1CCC[C@@H]1c1cncc(Cc2cccc(Cl)c2)n1. The number of halogens is 1. The molecule has 1 atom stereocenters. The molecule has 0 unspecified atom stereocenters. The van der Waals surface area contributed by atoms with E-state index in [0.717, 1.165) is 73.2 Å². The van der Waals surface area contributed by atoms with Gasteiger partial charge in [-0.1, -0.05) is 23.7 Å². The zero-order chi connectivity index (χ0) is 23.3. The number of aromatic nitrogens is 4. The van der Waals surface area contributed by atoms with Gasteiger partial charge in [-0.3, -0.25) is 14.8 Å². The summed E-state index contributed by atoms with van der Waals surface area (Å²) in [4.78, 5) is 35.6. The lowest BCUT2D eigenvalue weighted by atomic mass is 9.93. The van der Waals surface area contributed by atoms with Crippen LogP contribution >= 0.6 is 11.6 Å². The van der Waals surface area contributed by atoms with Gasteiger partial charge in [0.25, 0.3) is 0 Å². The van der Waals surface area contributed by atoms with Gasteiger partial charge in [-0.15, -0.1) is 0 Å². The summed E-state index contributed by atoms with van der Waals surface area (Å²) < 4.78 is 0. The Bertz CT molecular complexity index is 1120. The Morgan fingerprint density at radius 1 is 1.03 bits per heavy atom. The van der Waals surface area contributed by atoms with E-state index >= 15 is 0 Å². The maximum atomic E-state index is 13.3. The number of hydrogen-bond acceptors (Lipinski definition) is 6. The van der Waals surface area contributed by atoms with Gasteiger partial charge < -0.3 is 9.80 Å². The fourth-order valence-electron chi connectivity index (χ4n) is 5.05. The molecule has 2 aliphatic rings. The highest BCUT2D eigenvalue weighted by atomic mass is 35.5. The molecule has 0 aliphatic carbocycles. The minimum atomic E-state index is 0.0112. The second-order valence-electron chi connectivity index (χ2n) is 9.17. The number of anilines is 1. The van der Waals surface area contributed by atoms with E-state index < -0.39 is 0 Å². The number of hydrogen-bond donors (Lipinski definition) is 0. The largest absolute Gasteiger partial charge is 0.341 e. The Kier molecular flexibility index (Phi) is 7.00. The van der Waals surface area contributed by atoms with Gasteiger partial charge in [-0.05, 0) is 55.4 Å². The van der Waals surface area contributed by atoms with Crippen molar-refractivity contribution in [3.8, 4) is 0 Å². The predicted molar refractivity (Wildman–Crippen MR) is 132 cm³/mol. The molecule has 7 nitrogen and oxygen atoms in total. The van der Waals surface area contributed by atoms with Crippen LogP contribution in [0.1, 0.15) is 55.1 Å². The minimum Gasteiger partial charge on any atom is -0.341 e. The molecule has 2 fully saturated rings. The van der Waals surface area contributed by atoms with Crippen molar-refractivity contribution < 1.29 is 4.79 Å². The van der Waals surface area contributed by atoms with Crippen molar-refractivity contribution in [2.24, 2.45) is 5.92 Å². The van der Waals surface area contributed by atoms with Crippen LogP contribution in [0.5, 0.6) is 0 Å². The lowest BCUT2D eigenvalue weighted by molar-refractivity contribution is -0.133. The highest BCUT2D eigenvalue weighted by Gasteiger charge is 2.33. The van der Waals surface area contributed by atoms with Crippen molar-refractivity contribution >= 4 is 23.5 Å². The number of benzene rings is 1. The number of piperidine rings is 1. The topological polar surface area (TPSA) is 75.1 Å². The van der Waals surface area contributed by atoms with E-state index in [2.05, 4.69) is 19.9 Å². The monoisotopic (exact) mass is 476 g/mol. The van der Waals surface area contributed by atoms with Crippen molar-refractivity contribution in [2.75, 3.05) is 24.5 Å². The van der Waals surface area contributed by atoms with Gasteiger partial charge in [0.15, 0.2) is 0 Å². The number of carbonyl (C=O) groups excluding carboxylic acids is 1. The second-order valence-corrected chi connectivity index (χ2v) is 9.61. The summed E-state index contributed by atoms with van der Waals surface area (Å²) >= 11 is 6.13. The molecular formula is C26H29ClN6O. The number of amides is 1. The molecule has 0 radical (unpaired) electrons. The molecule has 2 aliphatic heterocycles. The zero-order valence-corrected chi connectivity index (χ0v) is 19.9. The van der Waals surface area contributed by atoms with E-state index in [1.165, 1.54) is 0 Å². The van der Waals surface area contributed by atoms with E-state index in [1.54, 1.807) is 18.6 Å². The first-order valence-corrected chi connectivity index (χ1v) is 12.4. The van der Waals surface area contributed by atoms with Crippen molar-refractivity contribution in [1.29, 1.82) is 0 Å². The molecule has 4 heterocycles. The summed E-state index contributed by atoms with van der Waals surface area (Å²) in [5, 5.41) is 0.719. The molecule has 176 valence electrons. The highest BCUT2D eigenvalue weighted by molar-refractivity contribution is 6.30. The van der Waals surface area contributed by atoms with Gasteiger partial charge in [0, 0.05) is 56.1 Å². The molecule has 0 spiro atoms. The lowest BCUT2D eigenvalue weighted by Crippen LogP contribution is -2.38. The fraction of sp³-hybridized carbons (Fsp3) is 0.423. The standard InChI is InChI=1S/C26H29ClN6O/c27-21-5-1-4-20(14-21)15-22-17-28-18-23(31-22)24-6-2-11-33(24)25(34)16-19-7-12-32(13-8-19)26-29-9-3-10-30-26/h1,3-5,9-10,14,17-19,24H,2,6-8,11-13,15-16H2/t24-/m1/s1. The molecule has 34 heavy (non-hydrogen) atoms. The molecule has 8 heteroatoms. The first-order chi connectivity index (χ1) is 16.7. The smallest absolute Gasteiger partial charge is 0.225 e. The third-order valence-corrected chi connectivity index (χ3v) is 7.04. The Hall–Kier alpha value is -3.06. The van der Waals surface area contributed by atoms with Crippen LogP contribution in [-0.2, 0) is 11.2 Å². The van der Waals surface area contributed by atoms with Gasteiger partial charge in [0.2, 0.25) is 11.9 Å². The molecule has 2 saturated heterocycles. The van der Waals surface area contributed by atoms with E-state index in [9.17, 15) is 4.79 Å². The van der Waals surface area contributed by atoms with Crippen molar-refractivity contribution in [3.63, 3.8) is 0 Å². The van der Waals surface area contributed by atoms with E-state index in [1.807, 2.05) is 41.4 Å². The van der Waals surface area contributed by atoms with E-state index in [-0.39, 0.29) is 11.9 Å². The second kappa shape index (κ2) is 10.5. The number of likely N-dealkylation sites (tertiary alicyclic amines) is 1. The number of rotatable bonds is 6. The quantitative estimate of drug-likeness (QED) is 0.522. The highest BCUT2D eigenvalue weighted by Crippen LogP contribution is 2.33. The average molecular weight is 477 g/mol. The fourth-order valence-corrected chi connectivity index (χ4v) is 5.27. The summed E-state index contributed by atoms with van der Waals surface area (Å²) in [6.07, 6.45) is 12.3. The summed E-state index contributed by atoms with van der Waals surface area (Å²) in [7, 11) is 0. The van der Waals surface area contributed by atoms with Crippen LogP contribution in [-0.4, -0.2) is 50.4 Å². The Morgan fingerprint density at radius 3 is 2.65 bits per heavy atom. The first kappa shape index (κ1) is 22.7. The predicted octanol–water partition coefficient (Wildman–Crippen LogP) is 4.48. The molecule has 0 bridgehead atoms. The Morgan fingerprint density at radius 2 is 1.85 bits per heavy atom. The van der Waals surface area contributed by atoms with Gasteiger partial charge in [0.1, 0.15) is 0 Å². The summed E-state index contributed by atoms with van der Waals surface area (Å²) in [6.45, 7) is 2.57. The number of carbonyl (C=O) groups is 1. The molecule has 1 amide bonds. The lowest BCUT2D eigenvalue weighted by Gasteiger charge is -2.33. The maximum Gasteiger partial charge on any atom is 0.225 e. The van der Waals surface area contributed by atoms with Crippen LogP contribution in [0.3, 0.4) is 0 Å². The van der Waals surface area contributed by atoms with Crippen molar-refractivity contribution in [1.82, 2.24) is 24.8 Å². The zero-order valence-electron chi connectivity index (χ0n) is 19.2. The van der Waals surface area contributed by atoms with Crippen molar-refractivity contribution in [3.05, 3.63) is 77.1 Å². The van der Waals surface area contributed by atoms with E-state index in [0.29, 0.717) is 18.8 Å². The van der Waals surface area contributed by atoms with Crippen LogP contribution in [0.2, 0.25) is 5.02 Å². The first-order valence-electron chi connectivity index (χ1n) is 12.0. The minimum absolute atomic E-state index is 0.0112. The Labute approximate surface area is 205 Å². The molecule has 1 aromatic carbocycles. The third kappa shape index (κ3) is 5.36. The molecular weight excluding hydrogens is 448 g/mol. The van der Waals surface area contributed by atoms with Gasteiger partial charge >= 0.3 is 0 Å². The van der Waals surface area contributed by atoms with Gasteiger partial charge in [-0.25, -0.2) is 9.97 Å². The normalized spacial score (nSPS) is 18.9. The summed E-state index contributed by atoms with van der Waals surface area (Å²) in [5.41, 5.74) is 2.89. The number of nitrogens with zero attached hydrogens (tertiary/aromatic N) is 6. The van der Waals surface area contributed by atoms with Crippen LogP contribution in [0.4, 0.5) is 5.95 Å². The maximum absolute atomic E-state index is 13.3. The molecule has 0 N–H and O–H groups in total. The van der Waals surface area contributed by atoms with Gasteiger partial charge in [-0.2, -0.15) is 0 Å². The molecule has 3 aromatic rings. The summed E-state index contributed by atoms with van der Waals surface area (Å²) in [6, 6.07) is 9.66. The van der Waals surface area contributed by atoms with Crippen LogP contribution in [0, 0.1) is 5.92 Å². The molecule has 0 saturated carbocycles. The Balaban J connectivity index is 1.20. The van der Waals surface area contributed by atoms with E-state index in [4.69, 9.17) is 16.6 Å². The molecule has 2 aromatic heterocycles. The third-order valence-electron chi connectivity index (χ3n) is 6.80.